The molecular formula is C19H20ClN4O8P. The fraction of sp³-hybridized carbons (Fsp3) is 0.421. The van der Waals surface area contributed by atoms with Crippen molar-refractivity contribution in [1.82, 2.24) is 19.5 Å². The SMILES string of the molecule is O=c1[nH]cnc2c1ncn2[C@@H]1O[C@H](COP2(=O)OCC[C@@H](c3cccc(Cl)c3)O2)[C@@H](O)[C@H]1O. The zero-order valence-electron chi connectivity index (χ0n) is 17.0. The summed E-state index contributed by atoms with van der Waals surface area (Å²) >= 11 is 6.03. The smallest absolute Gasteiger partial charge is 0.387 e. The highest BCUT2D eigenvalue weighted by atomic mass is 35.5. The Kier molecular flexibility index (Phi) is 6.10. The van der Waals surface area contributed by atoms with Crippen LogP contribution in [0.5, 0.6) is 0 Å². The average Bonchev–Trinajstić information content (AvgIpc) is 3.35. The molecule has 2 aromatic heterocycles. The minimum absolute atomic E-state index is 0.0583. The molecule has 1 aromatic carbocycles. The van der Waals surface area contributed by atoms with Gasteiger partial charge in [-0.3, -0.25) is 22.9 Å². The predicted octanol–water partition coefficient (Wildman–Crippen LogP) is 1.70. The molecule has 1 unspecified atom stereocenters. The molecule has 0 saturated carbocycles. The second kappa shape index (κ2) is 8.90. The van der Waals surface area contributed by atoms with Crippen molar-refractivity contribution in [1.29, 1.82) is 0 Å². The lowest BCUT2D eigenvalue weighted by Gasteiger charge is -2.29. The van der Waals surface area contributed by atoms with Crippen LogP contribution >= 0.6 is 19.4 Å². The van der Waals surface area contributed by atoms with Crippen LogP contribution < -0.4 is 5.56 Å². The fourth-order valence-electron chi connectivity index (χ4n) is 3.82. The Labute approximate surface area is 191 Å². The van der Waals surface area contributed by atoms with Crippen molar-refractivity contribution in [3.05, 3.63) is 57.9 Å². The number of nitrogens with zero attached hydrogens (tertiary/aromatic N) is 3. The highest BCUT2D eigenvalue weighted by Gasteiger charge is 2.46. The number of phosphoric acid groups is 1. The van der Waals surface area contributed by atoms with Crippen LogP contribution in [-0.4, -0.2) is 61.3 Å². The first kappa shape index (κ1) is 22.6. The second-order valence-electron chi connectivity index (χ2n) is 7.62. The molecule has 5 rings (SSSR count). The molecule has 2 aliphatic heterocycles. The molecule has 12 nitrogen and oxygen atoms in total. The van der Waals surface area contributed by atoms with Crippen molar-refractivity contribution in [2.45, 2.75) is 37.1 Å². The van der Waals surface area contributed by atoms with Gasteiger partial charge < -0.3 is 19.9 Å². The van der Waals surface area contributed by atoms with Crippen molar-refractivity contribution in [3.8, 4) is 0 Å². The van der Waals surface area contributed by atoms with E-state index in [0.717, 1.165) is 5.56 Å². The van der Waals surface area contributed by atoms with E-state index in [-0.39, 0.29) is 24.4 Å². The van der Waals surface area contributed by atoms with Crippen molar-refractivity contribution in [2.24, 2.45) is 0 Å². The van der Waals surface area contributed by atoms with Crippen LogP contribution in [0.3, 0.4) is 0 Å². The summed E-state index contributed by atoms with van der Waals surface area (Å²) in [6.07, 6.45) is -2.53. The number of fused-ring (bicyclic) bond motifs is 1. The second-order valence-corrected chi connectivity index (χ2v) is 9.67. The third-order valence-corrected chi connectivity index (χ3v) is 7.19. The predicted molar refractivity (Wildman–Crippen MR) is 113 cm³/mol. The molecule has 2 fully saturated rings. The van der Waals surface area contributed by atoms with E-state index >= 15 is 0 Å². The highest BCUT2D eigenvalue weighted by molar-refractivity contribution is 7.48. The standard InChI is InChI=1S/C19H20ClN4O8P/c20-11-3-1-2-10(6-11)12-4-5-29-33(28,32-12)30-7-13-15(25)16(26)19(31-13)24-9-23-14-17(24)21-8-22-18(14)27/h1-3,6,8-9,12-13,15-16,19,25-26H,4-5,7H2,(H,21,22,27)/t12-,13+,15+,16+,19+,33?/m0/s1. The van der Waals surface area contributed by atoms with Gasteiger partial charge >= 0.3 is 7.82 Å². The molecule has 3 N–H and O–H groups in total. The van der Waals surface area contributed by atoms with Gasteiger partial charge in [-0.25, -0.2) is 14.5 Å². The van der Waals surface area contributed by atoms with Crippen molar-refractivity contribution in [3.63, 3.8) is 0 Å². The molecule has 0 amide bonds. The number of hydrogen-bond acceptors (Lipinski definition) is 10. The molecule has 0 aliphatic carbocycles. The lowest BCUT2D eigenvalue weighted by atomic mass is 10.1. The maximum absolute atomic E-state index is 13.0. The normalized spacial score (nSPS) is 32.4. The Balaban J connectivity index is 1.28. The van der Waals surface area contributed by atoms with Gasteiger partial charge in [-0.15, -0.1) is 0 Å². The number of aliphatic hydroxyl groups is 2. The Morgan fingerprint density at radius 1 is 1.30 bits per heavy atom. The zero-order chi connectivity index (χ0) is 23.2. The quantitative estimate of drug-likeness (QED) is 0.442. The third-order valence-electron chi connectivity index (χ3n) is 5.48. The van der Waals surface area contributed by atoms with Gasteiger partial charge in [-0.2, -0.15) is 0 Å². The van der Waals surface area contributed by atoms with Gasteiger partial charge in [0.05, 0.1) is 32.0 Å². The van der Waals surface area contributed by atoms with E-state index in [1.54, 1.807) is 24.3 Å². The molecule has 33 heavy (non-hydrogen) atoms. The van der Waals surface area contributed by atoms with E-state index in [1.165, 1.54) is 17.2 Å². The molecule has 6 atom stereocenters. The summed E-state index contributed by atoms with van der Waals surface area (Å²) in [5, 5.41) is 21.5. The Morgan fingerprint density at radius 2 is 2.15 bits per heavy atom. The number of halogens is 1. The first-order chi connectivity index (χ1) is 15.8. The summed E-state index contributed by atoms with van der Waals surface area (Å²) in [5.74, 6) is 0. The first-order valence-electron chi connectivity index (χ1n) is 10.1. The van der Waals surface area contributed by atoms with Crippen LogP contribution in [0.1, 0.15) is 24.3 Å². The molecule has 4 heterocycles. The lowest BCUT2D eigenvalue weighted by Crippen LogP contribution is -2.34. The number of nitrogens with one attached hydrogen (secondary N) is 1. The van der Waals surface area contributed by atoms with E-state index in [0.29, 0.717) is 11.4 Å². The number of imidazole rings is 1. The van der Waals surface area contributed by atoms with Crippen LogP contribution in [0.4, 0.5) is 0 Å². The van der Waals surface area contributed by atoms with Crippen LogP contribution in [-0.2, 0) is 22.9 Å². The number of benzene rings is 1. The Hall–Kier alpha value is -2.15. The van der Waals surface area contributed by atoms with Crippen LogP contribution in [0.25, 0.3) is 11.2 Å². The minimum atomic E-state index is -3.97. The lowest BCUT2D eigenvalue weighted by molar-refractivity contribution is -0.0578. The molecule has 0 spiro atoms. The molecule has 3 aromatic rings. The van der Waals surface area contributed by atoms with E-state index in [4.69, 9.17) is 29.9 Å². The first-order valence-corrected chi connectivity index (χ1v) is 11.9. The number of rotatable bonds is 5. The third kappa shape index (κ3) is 4.36. The molecule has 14 heteroatoms. The Morgan fingerprint density at radius 3 is 2.97 bits per heavy atom. The minimum Gasteiger partial charge on any atom is -0.387 e. The van der Waals surface area contributed by atoms with E-state index in [1.807, 2.05) is 0 Å². The maximum atomic E-state index is 13.0. The van der Waals surface area contributed by atoms with Gasteiger partial charge in [0.2, 0.25) is 0 Å². The van der Waals surface area contributed by atoms with Crippen LogP contribution in [0.2, 0.25) is 5.02 Å². The van der Waals surface area contributed by atoms with E-state index in [2.05, 4.69) is 15.0 Å². The molecule has 2 saturated heterocycles. The summed E-state index contributed by atoms with van der Waals surface area (Å²) in [4.78, 5) is 22.3. The largest absolute Gasteiger partial charge is 0.475 e. The molecule has 0 radical (unpaired) electrons. The van der Waals surface area contributed by atoms with Crippen molar-refractivity contribution >= 4 is 30.6 Å². The number of ether oxygens (including phenoxy) is 1. The topological polar surface area (TPSA) is 158 Å². The molecule has 2 aliphatic rings. The van der Waals surface area contributed by atoms with E-state index < -0.39 is 44.0 Å². The number of hydrogen-bond donors (Lipinski definition) is 3. The number of aliphatic hydroxyl groups excluding tert-OH is 2. The van der Waals surface area contributed by atoms with Gasteiger partial charge in [0.25, 0.3) is 5.56 Å². The van der Waals surface area contributed by atoms with Gasteiger partial charge in [0, 0.05) is 11.4 Å². The van der Waals surface area contributed by atoms with Gasteiger partial charge in [0.1, 0.15) is 18.3 Å². The summed E-state index contributed by atoms with van der Waals surface area (Å²) in [6.45, 7) is -0.246. The summed E-state index contributed by atoms with van der Waals surface area (Å²) in [7, 11) is -3.97. The number of aromatic nitrogens is 4. The number of H-pyrrole nitrogens is 1. The van der Waals surface area contributed by atoms with Gasteiger partial charge in [-0.05, 0) is 17.7 Å². The van der Waals surface area contributed by atoms with E-state index in [9.17, 15) is 19.6 Å². The summed E-state index contributed by atoms with van der Waals surface area (Å²) < 4.78 is 36.3. The van der Waals surface area contributed by atoms with Crippen LogP contribution in [0, 0.1) is 0 Å². The van der Waals surface area contributed by atoms with Crippen molar-refractivity contribution < 1.29 is 33.1 Å². The molecule has 0 bridgehead atoms. The molecule has 176 valence electrons. The Bertz CT molecular complexity index is 1270. The number of aromatic amines is 1. The fourth-order valence-corrected chi connectivity index (χ4v) is 5.42. The summed E-state index contributed by atoms with van der Waals surface area (Å²) in [5.41, 5.74) is 0.512. The van der Waals surface area contributed by atoms with Crippen molar-refractivity contribution in [2.75, 3.05) is 13.2 Å². The molecular weight excluding hydrogens is 479 g/mol. The highest BCUT2D eigenvalue weighted by Crippen LogP contribution is 2.57. The summed E-state index contributed by atoms with van der Waals surface area (Å²) in [6, 6.07) is 6.98. The monoisotopic (exact) mass is 498 g/mol. The van der Waals surface area contributed by atoms with Gasteiger partial charge in [0.15, 0.2) is 17.4 Å². The van der Waals surface area contributed by atoms with Crippen LogP contribution in [0.15, 0.2) is 41.7 Å². The van der Waals surface area contributed by atoms with Gasteiger partial charge in [-0.1, -0.05) is 23.7 Å². The number of phosphoric ester groups is 1. The average molecular weight is 499 g/mol. The maximum Gasteiger partial charge on any atom is 0.475 e. The zero-order valence-corrected chi connectivity index (χ0v) is 18.6.